The fourth-order valence-corrected chi connectivity index (χ4v) is 1.89. The van der Waals surface area contributed by atoms with E-state index in [4.69, 9.17) is 10.5 Å². The summed E-state index contributed by atoms with van der Waals surface area (Å²) in [5.74, 6) is 0. The van der Waals surface area contributed by atoms with Crippen molar-refractivity contribution in [2.45, 2.75) is 71.9 Å². The number of ether oxygens (including phenoxy) is 1. The molecule has 0 spiro atoms. The van der Waals surface area contributed by atoms with Crippen LogP contribution >= 0.6 is 0 Å². The van der Waals surface area contributed by atoms with Gasteiger partial charge in [-0.15, -0.1) is 0 Å². The molecule has 0 aromatic carbocycles. The minimum absolute atomic E-state index is 0.196. The van der Waals surface area contributed by atoms with E-state index in [1.165, 1.54) is 6.42 Å². The quantitative estimate of drug-likeness (QED) is 0.827. The Morgan fingerprint density at radius 2 is 1.94 bits per heavy atom. The lowest BCUT2D eigenvalue weighted by Crippen LogP contribution is -2.40. The summed E-state index contributed by atoms with van der Waals surface area (Å²) in [6, 6.07) is 0.282. The Morgan fingerprint density at radius 3 is 2.39 bits per heavy atom. The molecular formula is C14H30N2O2. The maximum absolute atomic E-state index is 11.8. The summed E-state index contributed by atoms with van der Waals surface area (Å²) < 4.78 is 5.34. The molecule has 1 fully saturated rings. The molecule has 0 saturated carbocycles. The predicted molar refractivity (Wildman–Crippen MR) is 75.6 cm³/mol. The van der Waals surface area contributed by atoms with Crippen molar-refractivity contribution in [3.8, 4) is 0 Å². The fraction of sp³-hybridized carbons (Fsp3) is 0.929. The molecule has 1 aliphatic heterocycles. The summed E-state index contributed by atoms with van der Waals surface area (Å²) >= 11 is 0. The van der Waals surface area contributed by atoms with Gasteiger partial charge in [0.1, 0.15) is 5.60 Å². The van der Waals surface area contributed by atoms with Gasteiger partial charge >= 0.3 is 6.09 Å². The molecule has 1 atom stereocenters. The molecule has 0 aromatic rings. The zero-order valence-corrected chi connectivity index (χ0v) is 12.7. The molecule has 0 aliphatic carbocycles. The van der Waals surface area contributed by atoms with Crippen LogP contribution in [0.2, 0.25) is 0 Å². The number of carbonyl (C=O) groups excluding carboxylic acids is 1. The van der Waals surface area contributed by atoms with Crippen molar-refractivity contribution < 1.29 is 9.53 Å². The summed E-state index contributed by atoms with van der Waals surface area (Å²) in [5.41, 5.74) is 5.11. The van der Waals surface area contributed by atoms with Crippen molar-refractivity contribution in [1.29, 1.82) is 0 Å². The minimum Gasteiger partial charge on any atom is -0.444 e. The van der Waals surface area contributed by atoms with E-state index in [2.05, 4.69) is 13.8 Å². The topological polar surface area (TPSA) is 55.6 Å². The monoisotopic (exact) mass is 258 g/mol. The summed E-state index contributed by atoms with van der Waals surface area (Å²) in [5, 5.41) is 0. The SMILES string of the molecule is CC(C)(C)OC(=O)N1CCCC1CCN.CCC. The molecule has 18 heavy (non-hydrogen) atoms. The highest BCUT2D eigenvalue weighted by Crippen LogP contribution is 2.22. The Kier molecular flexibility index (Phi) is 8.00. The average molecular weight is 258 g/mol. The lowest BCUT2D eigenvalue weighted by molar-refractivity contribution is 0.0222. The third kappa shape index (κ3) is 6.84. The molecule has 4 heteroatoms. The van der Waals surface area contributed by atoms with E-state index in [-0.39, 0.29) is 12.1 Å². The van der Waals surface area contributed by atoms with Gasteiger partial charge in [0.2, 0.25) is 0 Å². The zero-order valence-electron chi connectivity index (χ0n) is 12.7. The largest absolute Gasteiger partial charge is 0.444 e. The number of amides is 1. The van der Waals surface area contributed by atoms with Gasteiger partial charge in [0.15, 0.2) is 0 Å². The molecular weight excluding hydrogens is 228 g/mol. The number of carbonyl (C=O) groups is 1. The number of hydrogen-bond donors (Lipinski definition) is 1. The number of nitrogens with zero attached hydrogens (tertiary/aromatic N) is 1. The van der Waals surface area contributed by atoms with E-state index in [0.717, 1.165) is 25.8 Å². The molecule has 0 radical (unpaired) electrons. The molecule has 1 rings (SSSR count). The molecule has 0 bridgehead atoms. The molecule has 108 valence electrons. The van der Waals surface area contributed by atoms with Crippen LogP contribution in [0, 0.1) is 0 Å². The van der Waals surface area contributed by atoms with Crippen molar-refractivity contribution >= 4 is 6.09 Å². The maximum Gasteiger partial charge on any atom is 0.410 e. The molecule has 1 heterocycles. The molecule has 1 aliphatic rings. The van der Waals surface area contributed by atoms with E-state index in [9.17, 15) is 4.79 Å². The minimum atomic E-state index is -0.410. The Hall–Kier alpha value is -0.770. The van der Waals surface area contributed by atoms with Crippen LogP contribution in [-0.4, -0.2) is 35.7 Å². The number of nitrogens with two attached hydrogens (primary N) is 1. The zero-order chi connectivity index (χ0) is 14.2. The van der Waals surface area contributed by atoms with E-state index in [1.807, 2.05) is 25.7 Å². The Morgan fingerprint density at radius 1 is 1.39 bits per heavy atom. The first-order valence-electron chi connectivity index (χ1n) is 7.05. The molecule has 1 unspecified atom stereocenters. The van der Waals surface area contributed by atoms with Gasteiger partial charge in [0, 0.05) is 12.6 Å². The van der Waals surface area contributed by atoms with Crippen molar-refractivity contribution in [2.75, 3.05) is 13.1 Å². The van der Waals surface area contributed by atoms with Crippen LogP contribution < -0.4 is 5.73 Å². The third-order valence-corrected chi connectivity index (χ3v) is 2.51. The van der Waals surface area contributed by atoms with Crippen LogP contribution in [-0.2, 0) is 4.74 Å². The first-order valence-corrected chi connectivity index (χ1v) is 7.05. The van der Waals surface area contributed by atoms with Crippen LogP contribution in [0.4, 0.5) is 4.79 Å². The van der Waals surface area contributed by atoms with Crippen molar-refractivity contribution in [3.05, 3.63) is 0 Å². The first kappa shape index (κ1) is 17.2. The highest BCUT2D eigenvalue weighted by Gasteiger charge is 2.31. The van der Waals surface area contributed by atoms with Gasteiger partial charge in [0.25, 0.3) is 0 Å². The van der Waals surface area contributed by atoms with E-state index < -0.39 is 5.60 Å². The van der Waals surface area contributed by atoms with Gasteiger partial charge in [-0.25, -0.2) is 4.79 Å². The average Bonchev–Trinajstić information content (AvgIpc) is 2.65. The lowest BCUT2D eigenvalue weighted by Gasteiger charge is -2.28. The highest BCUT2D eigenvalue weighted by molar-refractivity contribution is 5.68. The third-order valence-electron chi connectivity index (χ3n) is 2.51. The van der Waals surface area contributed by atoms with Gasteiger partial charge in [-0.05, 0) is 46.6 Å². The second kappa shape index (κ2) is 8.35. The second-order valence-electron chi connectivity index (χ2n) is 5.75. The number of hydrogen-bond acceptors (Lipinski definition) is 3. The Bertz CT molecular complexity index is 236. The highest BCUT2D eigenvalue weighted by atomic mass is 16.6. The standard InChI is InChI=1S/C11H22N2O2.C3H8/c1-11(2,3)15-10(14)13-8-4-5-9(13)6-7-12;1-3-2/h9H,4-8,12H2,1-3H3;3H2,1-2H3. The molecule has 2 N–H and O–H groups in total. The summed E-state index contributed by atoms with van der Waals surface area (Å²) in [4.78, 5) is 13.6. The van der Waals surface area contributed by atoms with Crippen LogP contribution in [0.25, 0.3) is 0 Å². The second-order valence-corrected chi connectivity index (χ2v) is 5.75. The summed E-state index contributed by atoms with van der Waals surface area (Å²) in [6.07, 6.45) is 4.04. The van der Waals surface area contributed by atoms with Gasteiger partial charge in [-0.3, -0.25) is 0 Å². The summed E-state index contributed by atoms with van der Waals surface area (Å²) in [7, 11) is 0. The predicted octanol–water partition coefficient (Wildman–Crippen LogP) is 3.15. The van der Waals surface area contributed by atoms with Gasteiger partial charge in [-0.1, -0.05) is 20.3 Å². The first-order chi connectivity index (χ1) is 8.35. The number of likely N-dealkylation sites (tertiary alicyclic amines) is 1. The van der Waals surface area contributed by atoms with Crippen LogP contribution in [0.15, 0.2) is 0 Å². The Labute approximate surface area is 112 Å². The van der Waals surface area contributed by atoms with Crippen molar-refractivity contribution in [1.82, 2.24) is 4.90 Å². The van der Waals surface area contributed by atoms with Crippen LogP contribution in [0.5, 0.6) is 0 Å². The number of rotatable bonds is 2. The van der Waals surface area contributed by atoms with Crippen molar-refractivity contribution in [3.63, 3.8) is 0 Å². The Balaban J connectivity index is 0.000000873. The van der Waals surface area contributed by atoms with Gasteiger partial charge < -0.3 is 15.4 Å². The summed E-state index contributed by atoms with van der Waals surface area (Å²) in [6.45, 7) is 11.3. The van der Waals surface area contributed by atoms with Crippen LogP contribution in [0.1, 0.15) is 60.3 Å². The van der Waals surface area contributed by atoms with Gasteiger partial charge in [-0.2, -0.15) is 0 Å². The molecule has 4 nitrogen and oxygen atoms in total. The maximum atomic E-state index is 11.8. The van der Waals surface area contributed by atoms with E-state index in [1.54, 1.807) is 0 Å². The fourth-order valence-electron chi connectivity index (χ4n) is 1.89. The molecule has 1 amide bonds. The van der Waals surface area contributed by atoms with E-state index >= 15 is 0 Å². The van der Waals surface area contributed by atoms with Crippen molar-refractivity contribution in [2.24, 2.45) is 5.73 Å². The van der Waals surface area contributed by atoms with E-state index in [0.29, 0.717) is 6.54 Å². The van der Waals surface area contributed by atoms with Crippen LogP contribution in [0.3, 0.4) is 0 Å². The molecule has 0 aromatic heterocycles. The smallest absolute Gasteiger partial charge is 0.410 e. The molecule has 1 saturated heterocycles. The van der Waals surface area contributed by atoms with Gasteiger partial charge in [0.05, 0.1) is 0 Å². The normalized spacial score (nSPS) is 19.2. The lowest BCUT2D eigenvalue weighted by atomic mass is 10.1.